The number of benzene rings is 6. The molecule has 1 aliphatic heterocycles. The van der Waals surface area contributed by atoms with Gasteiger partial charge >= 0.3 is 5.97 Å². The highest BCUT2D eigenvalue weighted by molar-refractivity contribution is 7.98. The quantitative estimate of drug-likeness (QED) is 0.0112. The van der Waals surface area contributed by atoms with Gasteiger partial charge in [0.2, 0.25) is 59.1 Å². The average molecular weight is 1640 g/mol. The van der Waals surface area contributed by atoms with Gasteiger partial charge in [-0.1, -0.05) is 94.4 Å². The van der Waals surface area contributed by atoms with E-state index >= 15 is 4.79 Å². The number of hydrogen-bond donors (Lipinski definition) is 19. The molecule has 0 saturated carbocycles. The number of carboxylic acids is 1. The van der Waals surface area contributed by atoms with Crippen LogP contribution in [0.25, 0.3) is 44.3 Å². The van der Waals surface area contributed by atoms with Crippen LogP contribution in [0.4, 0.5) is 0 Å². The Kier molecular flexibility index (Phi) is 34.0. The molecule has 0 bridgehead atoms. The Hall–Kier alpha value is -12.9. The van der Waals surface area contributed by atoms with E-state index in [4.69, 9.17) is 21.3 Å². The van der Waals surface area contributed by atoms with Crippen molar-refractivity contribution >= 4 is 111 Å². The number of amides is 11. The number of nitrogens with one attached hydrogen (secondary N) is 14. The summed E-state index contributed by atoms with van der Waals surface area (Å²) in [5, 5.41) is 72.5. The predicted molar refractivity (Wildman–Crippen MR) is 446 cm³/mol. The van der Waals surface area contributed by atoms with Crippen LogP contribution in [0, 0.1) is 17.2 Å². The summed E-state index contributed by atoms with van der Waals surface area (Å²) in [6.45, 7) is 6.52. The number of H-pyrrole nitrogens is 1. The number of guanidine groups is 1. The minimum absolute atomic E-state index is 0.0373. The Morgan fingerprint density at radius 2 is 1.06 bits per heavy atom. The molecule has 6 aromatic rings. The van der Waals surface area contributed by atoms with Crippen molar-refractivity contribution < 1.29 is 77.3 Å². The summed E-state index contributed by atoms with van der Waals surface area (Å²) < 4.78 is 5.90. The van der Waals surface area contributed by atoms with Crippen molar-refractivity contribution in [3.63, 3.8) is 0 Å². The molecule has 1 aliphatic carbocycles. The molecule has 0 unspecified atom stereocenters. The number of thioether (sulfide) groups is 1. The summed E-state index contributed by atoms with van der Waals surface area (Å²) in [5.41, 5.74) is 14.5. The Morgan fingerprint density at radius 3 is 1.69 bits per heavy atom. The zero-order valence-electron chi connectivity index (χ0n) is 66.5. The number of nitrogens with two attached hydrogens (primary N) is 2. The minimum Gasteiger partial charge on any atom is -0.508 e. The van der Waals surface area contributed by atoms with Crippen LogP contribution in [0.5, 0.6) is 11.5 Å². The van der Waals surface area contributed by atoms with Gasteiger partial charge in [0.15, 0.2) is 11.4 Å². The smallest absolute Gasteiger partial charge is 0.336 e. The maximum Gasteiger partial charge on any atom is 0.336 e. The number of likely N-dealkylation sites (N-methyl/N-ethyl adjacent to an activating group) is 1. The summed E-state index contributed by atoms with van der Waals surface area (Å²) >= 11 is 1.43. The second-order valence-electron chi connectivity index (χ2n) is 29.2. The van der Waals surface area contributed by atoms with E-state index in [0.29, 0.717) is 46.2 Å². The van der Waals surface area contributed by atoms with Crippen LogP contribution in [-0.2, 0) is 67.2 Å². The van der Waals surface area contributed by atoms with Gasteiger partial charge in [0.1, 0.15) is 71.2 Å². The van der Waals surface area contributed by atoms with Crippen molar-refractivity contribution in [1.82, 2.24) is 68.8 Å². The molecule has 2 aliphatic rings. The van der Waals surface area contributed by atoms with E-state index < -0.39 is 131 Å². The summed E-state index contributed by atoms with van der Waals surface area (Å²) in [6.07, 6.45) is 3.66. The van der Waals surface area contributed by atoms with Crippen molar-refractivity contribution in [3.8, 4) is 33.9 Å². The Labute approximate surface area is 685 Å². The Balaban J connectivity index is 0.924. The number of phenolic OH excluding ortho intramolecular Hbond substituents is 2. The van der Waals surface area contributed by atoms with E-state index in [9.17, 15) is 72.9 Å². The third-order valence-corrected chi connectivity index (χ3v) is 20.3. The maximum atomic E-state index is 15.1. The molecule has 0 radical (unpaired) electrons. The first-order valence-corrected chi connectivity index (χ1v) is 40.2. The normalized spacial score (nSPS) is 13.3. The number of unbranched alkanes of at least 4 members (excludes halogenated alkanes) is 1. The van der Waals surface area contributed by atoms with Crippen LogP contribution in [-0.4, -0.2) is 191 Å². The molecule has 8 atom stereocenters. The fourth-order valence-electron chi connectivity index (χ4n) is 13.3. The molecule has 2 heterocycles. The number of aromatic nitrogens is 1. The van der Waals surface area contributed by atoms with Gasteiger partial charge in [-0.05, 0) is 146 Å². The molecule has 5 aromatic carbocycles. The van der Waals surface area contributed by atoms with Crippen LogP contribution < -0.4 is 80.7 Å². The van der Waals surface area contributed by atoms with E-state index in [1.54, 1.807) is 64.2 Å². The van der Waals surface area contributed by atoms with Crippen LogP contribution >= 0.6 is 11.8 Å². The van der Waals surface area contributed by atoms with Gasteiger partial charge in [-0.25, -0.2) is 4.79 Å². The number of hydrogen-bond acceptors (Lipinski definition) is 19. The largest absolute Gasteiger partial charge is 0.508 e. The van der Waals surface area contributed by atoms with Gasteiger partial charge in [-0.2, -0.15) is 11.8 Å². The van der Waals surface area contributed by atoms with E-state index in [1.165, 1.54) is 97.7 Å². The molecule has 21 N–H and O–H groups in total. The fraction of sp³-hybridized carbons (Fsp3) is 0.381. The summed E-state index contributed by atoms with van der Waals surface area (Å²) in [5.74, 6) is -10.7. The van der Waals surface area contributed by atoms with Gasteiger partial charge in [0, 0.05) is 110 Å². The highest BCUT2D eigenvalue weighted by Crippen LogP contribution is 2.42. The lowest BCUT2D eigenvalue weighted by Crippen LogP contribution is -2.62. The van der Waals surface area contributed by atoms with Crippen molar-refractivity contribution in [2.45, 2.75) is 147 Å². The number of carbonyl (C=O) groups is 12. The SMILES string of the molecule is CNC(=O)[C@H](Cc1c[nH]c2ccccc12)NC(=O)[C@H](CCSC)NC(=O)[C@@H](NC(=O)[C@@H](NC(=O)[C@H](Cc1ccc(O)cc1)NC(=O)[C@H](Cc1ccccc1)NC(=O)[C@H](CCCNC(=N)N)NC(=O)[C@H](CCCCN)NC(=O)CCNC(=O)CCNC(=O)c1ccc(-c2c3ccc(=O)cc-3oc3cc(O)ccc23)c(C(=O)O)c1)C(C)C)C(C)C. The monoisotopic (exact) mass is 1640 g/mol. The topological polar surface area (TPSA) is 532 Å². The fourth-order valence-corrected chi connectivity index (χ4v) is 13.8. The van der Waals surface area contributed by atoms with Gasteiger partial charge in [-0.3, -0.25) is 62.9 Å². The lowest BCUT2D eigenvalue weighted by molar-refractivity contribution is -0.136. The summed E-state index contributed by atoms with van der Waals surface area (Å²) in [4.78, 5) is 185. The number of aromatic carboxylic acids is 1. The second-order valence-corrected chi connectivity index (χ2v) is 30.1. The number of fused-ring (bicyclic) bond motifs is 3. The third-order valence-electron chi connectivity index (χ3n) is 19.6. The van der Waals surface area contributed by atoms with E-state index in [0.717, 1.165) is 16.5 Å². The predicted octanol–water partition coefficient (Wildman–Crippen LogP) is 3.59. The molecule has 0 fully saturated rings. The van der Waals surface area contributed by atoms with Crippen LogP contribution in [0.15, 0.2) is 149 Å². The first kappa shape index (κ1) is 90.7. The number of carbonyl (C=O) groups excluding carboxylic acids is 11. The molecular formula is C84H104N16O17S. The molecule has 0 saturated heterocycles. The number of rotatable bonds is 44. The first-order chi connectivity index (χ1) is 56.4. The lowest BCUT2D eigenvalue weighted by Gasteiger charge is -2.30. The van der Waals surface area contributed by atoms with Gasteiger partial charge < -0.3 is 100.0 Å². The number of aromatic hydroxyl groups is 2. The average Bonchev–Trinajstić information content (AvgIpc) is 0.857. The highest BCUT2D eigenvalue weighted by atomic mass is 32.2. The van der Waals surface area contributed by atoms with E-state index in [2.05, 4.69) is 68.8 Å². The standard InChI is InChI=1S/C84H104N16O17S/c1-46(2)72(81(113)95-63(33-38-118-6)78(110)98-66(75(107)88-5)42-51-45-92-60-18-11-10-17-55(51)60)100-82(114)73(47(3)4)99-80(112)65(40-49-21-24-52(101)25-22-49)97-79(111)64(39-48-15-8-7-9-16-48)96-77(109)62(20-14-35-91-84(86)87)94-76(108)61(19-12-13-34-85)93-70(105)32-36-89-69(104)31-37-90-74(106)50-23-28-56(59(41-50)83(115)116)71-57-29-26-53(102)43-67(57)117-68-44-54(103)27-30-58(68)71/h7-11,15-18,21-30,41,43-47,61-66,72-73,92,101-102H,12-14,19-20,31-40,42,85H2,1-6H3,(H,88,107)(H,89,104)(H,90,106)(H,93,105)(H,94,108)(H,95,113)(H,96,109)(H,97,111)(H,98,110)(H,99,112)(H,100,114)(H,115,116)(H4,86,87,91)/t61-,62-,63-,64-,65-,66-,72-,73-/m0/s1. The van der Waals surface area contributed by atoms with Crippen LogP contribution in [0.1, 0.15) is 116 Å². The molecule has 0 spiro atoms. The molecule has 34 heteroatoms. The Bertz CT molecular complexity index is 4920. The van der Waals surface area contributed by atoms with Crippen molar-refractivity contribution in [2.75, 3.05) is 45.2 Å². The number of aromatic amines is 1. The zero-order chi connectivity index (χ0) is 85.7. The van der Waals surface area contributed by atoms with Crippen LogP contribution in [0.3, 0.4) is 0 Å². The zero-order valence-corrected chi connectivity index (χ0v) is 67.3. The number of phenols is 2. The van der Waals surface area contributed by atoms with Crippen molar-refractivity contribution in [3.05, 3.63) is 178 Å². The summed E-state index contributed by atoms with van der Waals surface area (Å²) in [6, 6.07) is 23.6. The lowest BCUT2D eigenvalue weighted by atomic mass is 9.90. The van der Waals surface area contributed by atoms with Gasteiger partial charge in [0.25, 0.3) is 5.91 Å². The molecule has 628 valence electrons. The first-order valence-electron chi connectivity index (χ1n) is 38.9. The minimum atomic E-state index is -1.50. The number of carboxylic acid groups (broad SMARTS) is 1. The molecule has 8 rings (SSSR count). The molecule has 33 nitrogen and oxygen atoms in total. The third kappa shape index (κ3) is 26.3. The van der Waals surface area contributed by atoms with E-state index in [1.807, 2.05) is 30.5 Å². The maximum absolute atomic E-state index is 15.1. The van der Waals surface area contributed by atoms with Crippen LogP contribution in [0.2, 0.25) is 0 Å². The van der Waals surface area contributed by atoms with Gasteiger partial charge in [-0.15, -0.1) is 0 Å². The highest BCUT2D eigenvalue weighted by Gasteiger charge is 2.38. The van der Waals surface area contributed by atoms with Gasteiger partial charge in [0.05, 0.1) is 5.56 Å². The molecule has 118 heavy (non-hydrogen) atoms. The molecular weight excluding hydrogens is 1540 g/mol. The van der Waals surface area contributed by atoms with E-state index in [-0.39, 0.29) is 135 Å². The number of para-hydroxylation sites is 1. The van der Waals surface area contributed by atoms with Crippen molar-refractivity contribution in [1.29, 1.82) is 5.41 Å². The molecule has 11 amide bonds. The van der Waals surface area contributed by atoms with Crippen molar-refractivity contribution in [2.24, 2.45) is 23.3 Å². The summed E-state index contributed by atoms with van der Waals surface area (Å²) in [7, 11) is 1.45. The molecule has 1 aromatic heterocycles. The second kappa shape index (κ2) is 44.3. The Morgan fingerprint density at radius 1 is 0.517 bits per heavy atom.